The van der Waals surface area contributed by atoms with Gasteiger partial charge in [-0.15, -0.1) is 11.3 Å². The maximum atomic E-state index is 12.5. The van der Waals surface area contributed by atoms with E-state index in [9.17, 15) is 4.79 Å². The lowest BCUT2D eigenvalue weighted by molar-refractivity contribution is -0.923. The highest BCUT2D eigenvalue weighted by Crippen LogP contribution is 2.25. The van der Waals surface area contributed by atoms with Crippen LogP contribution in [0.15, 0.2) is 35.7 Å². The first-order valence-corrected chi connectivity index (χ1v) is 10.1. The number of thiophene rings is 1. The Kier molecular flexibility index (Phi) is 4.77. The lowest BCUT2D eigenvalue weighted by Crippen LogP contribution is -3.14. The van der Waals surface area contributed by atoms with Crippen molar-refractivity contribution in [1.82, 2.24) is 0 Å². The summed E-state index contributed by atoms with van der Waals surface area (Å²) in [4.78, 5) is 17.7. The van der Waals surface area contributed by atoms with Crippen molar-refractivity contribution >= 4 is 28.6 Å². The summed E-state index contributed by atoms with van der Waals surface area (Å²) in [5, 5.41) is 5.24. The Labute approximate surface area is 153 Å². The fourth-order valence-electron chi connectivity index (χ4n) is 4.03. The highest BCUT2D eigenvalue weighted by molar-refractivity contribution is 7.10. The molecule has 0 bridgehead atoms. The van der Waals surface area contributed by atoms with Crippen molar-refractivity contribution < 1.29 is 9.69 Å². The SMILES string of the molecule is C[C@H]1c2ccsc2CC[NH+]1CC(=O)Nc1ccc(N2CCCC2)cc1. The largest absolute Gasteiger partial charge is 0.372 e. The molecule has 3 heterocycles. The van der Waals surface area contributed by atoms with Crippen LogP contribution in [0.3, 0.4) is 0 Å². The van der Waals surface area contributed by atoms with Crippen molar-refractivity contribution in [1.29, 1.82) is 0 Å². The second kappa shape index (κ2) is 7.18. The Morgan fingerprint density at radius 3 is 2.76 bits per heavy atom. The molecule has 25 heavy (non-hydrogen) atoms. The van der Waals surface area contributed by atoms with Gasteiger partial charge in [-0.05, 0) is 55.5 Å². The molecular formula is C20H26N3OS+. The molecule has 2 aliphatic heterocycles. The summed E-state index contributed by atoms with van der Waals surface area (Å²) in [5.41, 5.74) is 3.58. The third kappa shape index (κ3) is 3.58. The standard InChI is InChI=1S/C20H25N3OS/c1-15-18-9-13-25-19(18)8-12-23(15)14-20(24)21-16-4-6-17(7-5-16)22-10-2-3-11-22/h4-7,9,13,15H,2-3,8,10-12,14H2,1H3,(H,21,24)/p+1/t15-/m0/s1. The number of nitrogens with zero attached hydrogens (tertiary/aromatic N) is 1. The van der Waals surface area contributed by atoms with Gasteiger partial charge in [0.05, 0.1) is 6.54 Å². The Balaban J connectivity index is 1.34. The van der Waals surface area contributed by atoms with Crippen molar-refractivity contribution in [2.75, 3.05) is 36.4 Å². The lowest BCUT2D eigenvalue weighted by atomic mass is 10.0. The van der Waals surface area contributed by atoms with Crippen LogP contribution in [0.4, 0.5) is 11.4 Å². The van der Waals surface area contributed by atoms with E-state index >= 15 is 0 Å². The summed E-state index contributed by atoms with van der Waals surface area (Å²) in [5.74, 6) is 0.106. The van der Waals surface area contributed by atoms with Gasteiger partial charge < -0.3 is 15.1 Å². The van der Waals surface area contributed by atoms with E-state index in [0.29, 0.717) is 12.6 Å². The number of quaternary nitrogens is 1. The Bertz CT molecular complexity index is 734. The van der Waals surface area contributed by atoms with E-state index in [1.54, 1.807) is 0 Å². The van der Waals surface area contributed by atoms with Crippen LogP contribution in [-0.4, -0.2) is 32.1 Å². The van der Waals surface area contributed by atoms with Crippen molar-refractivity contribution in [3.05, 3.63) is 46.2 Å². The summed E-state index contributed by atoms with van der Waals surface area (Å²) >= 11 is 1.85. The molecule has 132 valence electrons. The van der Waals surface area contributed by atoms with Crippen LogP contribution in [0, 0.1) is 0 Å². The first kappa shape index (κ1) is 16.6. The number of amides is 1. The molecule has 2 aromatic rings. The van der Waals surface area contributed by atoms with E-state index < -0.39 is 0 Å². The normalized spacial score (nSPS) is 22.7. The second-order valence-electron chi connectivity index (χ2n) is 7.15. The summed E-state index contributed by atoms with van der Waals surface area (Å²) in [6, 6.07) is 10.9. The number of nitrogens with one attached hydrogen (secondary N) is 2. The fourth-order valence-corrected chi connectivity index (χ4v) is 5.01. The molecule has 1 aromatic carbocycles. The predicted molar refractivity (Wildman–Crippen MR) is 104 cm³/mol. The second-order valence-corrected chi connectivity index (χ2v) is 8.15. The van der Waals surface area contributed by atoms with Crippen LogP contribution >= 0.6 is 11.3 Å². The van der Waals surface area contributed by atoms with E-state index in [0.717, 1.165) is 31.7 Å². The highest BCUT2D eigenvalue weighted by atomic mass is 32.1. The van der Waals surface area contributed by atoms with Gasteiger partial charge in [-0.25, -0.2) is 0 Å². The van der Waals surface area contributed by atoms with Gasteiger partial charge in [0, 0.05) is 41.3 Å². The number of carbonyl (C=O) groups is 1. The summed E-state index contributed by atoms with van der Waals surface area (Å²) in [6.45, 7) is 6.09. The van der Waals surface area contributed by atoms with Crippen LogP contribution in [0.2, 0.25) is 0 Å². The zero-order chi connectivity index (χ0) is 17.2. The topological polar surface area (TPSA) is 36.8 Å². The zero-order valence-electron chi connectivity index (χ0n) is 14.8. The quantitative estimate of drug-likeness (QED) is 0.883. The molecule has 2 atom stereocenters. The van der Waals surface area contributed by atoms with Gasteiger partial charge >= 0.3 is 0 Å². The molecule has 5 heteroatoms. The zero-order valence-corrected chi connectivity index (χ0v) is 15.6. The minimum atomic E-state index is 0.106. The first-order chi connectivity index (χ1) is 12.2. The molecule has 1 fully saturated rings. The van der Waals surface area contributed by atoms with E-state index in [-0.39, 0.29) is 5.91 Å². The highest BCUT2D eigenvalue weighted by Gasteiger charge is 2.29. The van der Waals surface area contributed by atoms with Crippen LogP contribution in [-0.2, 0) is 11.2 Å². The third-order valence-corrected chi connectivity index (χ3v) is 6.54. The van der Waals surface area contributed by atoms with Crippen molar-refractivity contribution in [3.8, 4) is 0 Å². The predicted octanol–water partition coefficient (Wildman–Crippen LogP) is 2.49. The molecule has 0 radical (unpaired) electrons. The van der Waals surface area contributed by atoms with Gasteiger partial charge in [0.2, 0.25) is 0 Å². The van der Waals surface area contributed by atoms with Crippen molar-refractivity contribution in [3.63, 3.8) is 0 Å². The Morgan fingerprint density at radius 2 is 2.00 bits per heavy atom. The van der Waals surface area contributed by atoms with Gasteiger partial charge in [-0.3, -0.25) is 4.79 Å². The Morgan fingerprint density at radius 1 is 1.24 bits per heavy atom. The molecule has 0 spiro atoms. The number of hydrogen-bond donors (Lipinski definition) is 2. The van der Waals surface area contributed by atoms with E-state index in [4.69, 9.17) is 0 Å². The first-order valence-electron chi connectivity index (χ1n) is 9.26. The van der Waals surface area contributed by atoms with Gasteiger partial charge in [0.15, 0.2) is 6.54 Å². The van der Waals surface area contributed by atoms with Gasteiger partial charge in [-0.2, -0.15) is 0 Å². The molecule has 0 aliphatic carbocycles. The number of anilines is 2. The van der Waals surface area contributed by atoms with Crippen LogP contribution in [0.5, 0.6) is 0 Å². The lowest BCUT2D eigenvalue weighted by Gasteiger charge is -2.29. The molecule has 4 rings (SSSR count). The smallest absolute Gasteiger partial charge is 0.279 e. The molecule has 0 saturated carbocycles. The Hall–Kier alpha value is -1.85. The molecule has 1 amide bonds. The summed E-state index contributed by atoms with van der Waals surface area (Å²) < 4.78 is 0. The number of hydrogen-bond acceptors (Lipinski definition) is 3. The van der Waals surface area contributed by atoms with E-state index in [1.165, 1.54) is 33.9 Å². The third-order valence-electron chi connectivity index (χ3n) is 5.54. The summed E-state index contributed by atoms with van der Waals surface area (Å²) in [6.07, 6.45) is 3.65. The van der Waals surface area contributed by atoms with Gasteiger partial charge in [0.1, 0.15) is 6.04 Å². The number of fused-ring (bicyclic) bond motifs is 1. The molecule has 2 N–H and O–H groups in total. The van der Waals surface area contributed by atoms with Crippen LogP contribution in [0.1, 0.15) is 36.2 Å². The van der Waals surface area contributed by atoms with E-state index in [1.807, 2.05) is 23.5 Å². The van der Waals surface area contributed by atoms with Crippen molar-refractivity contribution in [2.24, 2.45) is 0 Å². The maximum Gasteiger partial charge on any atom is 0.279 e. The molecule has 1 aromatic heterocycles. The average Bonchev–Trinajstić information content (AvgIpc) is 3.30. The summed E-state index contributed by atoms with van der Waals surface area (Å²) in [7, 11) is 0. The van der Waals surface area contributed by atoms with E-state index in [2.05, 4.69) is 40.7 Å². The number of carbonyl (C=O) groups excluding carboxylic acids is 1. The average molecular weight is 357 g/mol. The molecular weight excluding hydrogens is 330 g/mol. The molecule has 4 nitrogen and oxygen atoms in total. The number of benzene rings is 1. The van der Waals surface area contributed by atoms with Crippen molar-refractivity contribution in [2.45, 2.75) is 32.2 Å². The molecule has 1 unspecified atom stereocenters. The molecule has 1 saturated heterocycles. The minimum absolute atomic E-state index is 0.106. The molecule has 2 aliphatic rings. The van der Waals surface area contributed by atoms with Crippen LogP contribution < -0.4 is 15.1 Å². The minimum Gasteiger partial charge on any atom is -0.372 e. The number of rotatable bonds is 4. The monoisotopic (exact) mass is 356 g/mol. The van der Waals surface area contributed by atoms with Gasteiger partial charge in [0.25, 0.3) is 5.91 Å². The van der Waals surface area contributed by atoms with Crippen LogP contribution in [0.25, 0.3) is 0 Å². The maximum absolute atomic E-state index is 12.5. The fraction of sp³-hybridized carbons (Fsp3) is 0.450. The van der Waals surface area contributed by atoms with Gasteiger partial charge in [-0.1, -0.05) is 0 Å².